The maximum absolute atomic E-state index is 11.7. The van der Waals surface area contributed by atoms with Crippen LogP contribution in [0.1, 0.15) is 13.8 Å². The second-order valence-corrected chi connectivity index (χ2v) is 10.3. The Bertz CT molecular complexity index is 674. The minimum absolute atomic E-state index is 0.247. The molecule has 1 aromatic rings. The number of rotatable bonds is 5. The highest BCUT2D eigenvalue weighted by atomic mass is 32.2. The van der Waals surface area contributed by atoms with Gasteiger partial charge in [0.2, 0.25) is 0 Å². The van der Waals surface area contributed by atoms with E-state index < -0.39 is 24.4 Å². The normalized spacial score (nSPS) is 13.2. The van der Waals surface area contributed by atoms with Crippen LogP contribution in [-0.2, 0) is 19.7 Å². The molecule has 1 aromatic carbocycles. The van der Waals surface area contributed by atoms with E-state index in [1.165, 1.54) is 18.4 Å². The quantitative estimate of drug-likeness (QED) is 0.819. The molecular formula is C13H21NO4S2. The molecule has 114 valence electrons. The van der Waals surface area contributed by atoms with Gasteiger partial charge in [-0.15, -0.1) is 0 Å². The standard InChI is InChI=1S/C13H21NO4S2/c1-13(2,20(5,17)18)10-14(3)11-6-8-12(9-7-11)19(4,15)16/h6-9H,10H2,1-5H3. The molecule has 0 atom stereocenters. The first-order valence-corrected chi connectivity index (χ1v) is 9.84. The zero-order chi connectivity index (χ0) is 15.8. The van der Waals surface area contributed by atoms with Crippen molar-refractivity contribution in [1.29, 1.82) is 0 Å². The van der Waals surface area contributed by atoms with E-state index in [0.29, 0.717) is 6.54 Å². The number of benzene rings is 1. The average Bonchev–Trinajstić information content (AvgIpc) is 2.26. The van der Waals surface area contributed by atoms with Crippen molar-refractivity contribution >= 4 is 25.4 Å². The van der Waals surface area contributed by atoms with Gasteiger partial charge < -0.3 is 4.90 Å². The molecular weight excluding hydrogens is 298 g/mol. The van der Waals surface area contributed by atoms with Crippen LogP contribution in [0, 0.1) is 0 Å². The minimum atomic E-state index is -3.22. The Morgan fingerprint density at radius 2 is 1.45 bits per heavy atom. The van der Waals surface area contributed by atoms with Gasteiger partial charge in [0.25, 0.3) is 0 Å². The first-order chi connectivity index (χ1) is 8.84. The first-order valence-electron chi connectivity index (χ1n) is 6.05. The van der Waals surface area contributed by atoms with Crippen molar-refractivity contribution in [3.8, 4) is 0 Å². The van der Waals surface area contributed by atoms with Gasteiger partial charge in [-0.1, -0.05) is 0 Å². The lowest BCUT2D eigenvalue weighted by Gasteiger charge is -2.30. The van der Waals surface area contributed by atoms with Crippen LogP contribution in [0.2, 0.25) is 0 Å². The Morgan fingerprint density at radius 1 is 1.00 bits per heavy atom. The summed E-state index contributed by atoms with van der Waals surface area (Å²) in [4.78, 5) is 2.05. The third-order valence-corrected chi connectivity index (χ3v) is 6.59. The zero-order valence-corrected chi connectivity index (χ0v) is 14.0. The molecule has 0 saturated heterocycles. The summed E-state index contributed by atoms with van der Waals surface area (Å²) in [5.41, 5.74) is 0.772. The number of hydrogen-bond acceptors (Lipinski definition) is 5. The Hall–Kier alpha value is -1.08. The molecule has 0 unspecified atom stereocenters. The number of sulfone groups is 2. The number of anilines is 1. The van der Waals surface area contributed by atoms with Crippen molar-refractivity contribution in [1.82, 2.24) is 0 Å². The second-order valence-electron chi connectivity index (χ2n) is 5.65. The van der Waals surface area contributed by atoms with Crippen LogP contribution in [0.15, 0.2) is 29.2 Å². The van der Waals surface area contributed by atoms with Crippen LogP contribution in [0.25, 0.3) is 0 Å². The van der Waals surface area contributed by atoms with Gasteiger partial charge >= 0.3 is 0 Å². The molecule has 7 heteroatoms. The number of nitrogens with zero attached hydrogens (tertiary/aromatic N) is 1. The molecule has 0 aliphatic rings. The van der Waals surface area contributed by atoms with E-state index in [9.17, 15) is 16.8 Å². The SMILES string of the molecule is CN(CC(C)(C)S(C)(=O)=O)c1ccc(S(C)(=O)=O)cc1. The van der Waals surface area contributed by atoms with Crippen molar-refractivity contribution in [3.05, 3.63) is 24.3 Å². The summed E-state index contributed by atoms with van der Waals surface area (Å²) in [6.45, 7) is 3.66. The molecule has 0 N–H and O–H groups in total. The lowest BCUT2D eigenvalue weighted by molar-refractivity contribution is 0.550. The molecule has 0 aliphatic heterocycles. The van der Waals surface area contributed by atoms with Gasteiger partial charge in [0.1, 0.15) is 0 Å². The summed E-state index contributed by atoms with van der Waals surface area (Å²) in [5, 5.41) is 0. The van der Waals surface area contributed by atoms with Gasteiger partial charge in [-0.2, -0.15) is 0 Å². The third kappa shape index (κ3) is 3.96. The monoisotopic (exact) mass is 319 g/mol. The molecule has 0 aromatic heterocycles. The van der Waals surface area contributed by atoms with Gasteiger partial charge in [0.15, 0.2) is 19.7 Å². The Labute approximate surface area is 121 Å². The fraction of sp³-hybridized carbons (Fsp3) is 0.538. The maximum atomic E-state index is 11.7. The zero-order valence-electron chi connectivity index (χ0n) is 12.4. The van der Waals surface area contributed by atoms with Crippen molar-refractivity contribution in [2.24, 2.45) is 0 Å². The van der Waals surface area contributed by atoms with Gasteiger partial charge in [0, 0.05) is 31.8 Å². The van der Waals surface area contributed by atoms with Crippen molar-refractivity contribution in [2.45, 2.75) is 23.5 Å². The summed E-state index contributed by atoms with van der Waals surface area (Å²) < 4.78 is 45.3. The van der Waals surface area contributed by atoms with E-state index in [1.807, 2.05) is 0 Å². The fourth-order valence-corrected chi connectivity index (χ4v) is 2.79. The molecule has 5 nitrogen and oxygen atoms in total. The smallest absolute Gasteiger partial charge is 0.175 e. The molecule has 0 heterocycles. The van der Waals surface area contributed by atoms with Crippen molar-refractivity contribution < 1.29 is 16.8 Å². The van der Waals surface area contributed by atoms with E-state index in [1.54, 1.807) is 37.9 Å². The minimum Gasteiger partial charge on any atom is -0.373 e. The van der Waals surface area contributed by atoms with E-state index in [-0.39, 0.29) is 4.90 Å². The molecule has 0 amide bonds. The summed E-state index contributed by atoms with van der Waals surface area (Å²) in [6.07, 6.45) is 2.37. The topological polar surface area (TPSA) is 71.5 Å². The Morgan fingerprint density at radius 3 is 1.80 bits per heavy atom. The highest BCUT2D eigenvalue weighted by molar-refractivity contribution is 7.92. The molecule has 0 fully saturated rings. The van der Waals surface area contributed by atoms with Crippen LogP contribution in [0.4, 0.5) is 5.69 Å². The van der Waals surface area contributed by atoms with Crippen molar-refractivity contribution in [2.75, 3.05) is 31.0 Å². The highest BCUT2D eigenvalue weighted by Crippen LogP contribution is 2.22. The van der Waals surface area contributed by atoms with Crippen molar-refractivity contribution in [3.63, 3.8) is 0 Å². The second kappa shape index (κ2) is 5.37. The van der Waals surface area contributed by atoms with E-state index in [0.717, 1.165) is 11.9 Å². The van der Waals surface area contributed by atoms with Crippen LogP contribution >= 0.6 is 0 Å². The predicted octanol–water partition coefficient (Wildman–Crippen LogP) is 1.35. The van der Waals surface area contributed by atoms with Crippen LogP contribution < -0.4 is 4.90 Å². The molecule has 0 aliphatic carbocycles. The van der Waals surface area contributed by atoms with Gasteiger partial charge in [0.05, 0.1) is 9.64 Å². The summed E-state index contributed by atoms with van der Waals surface area (Å²) in [6, 6.07) is 6.40. The van der Waals surface area contributed by atoms with Crippen LogP contribution in [0.5, 0.6) is 0 Å². The largest absolute Gasteiger partial charge is 0.373 e. The maximum Gasteiger partial charge on any atom is 0.175 e. The molecule has 0 bridgehead atoms. The third-order valence-electron chi connectivity index (χ3n) is 3.33. The molecule has 20 heavy (non-hydrogen) atoms. The number of hydrogen-bond donors (Lipinski definition) is 0. The average molecular weight is 319 g/mol. The van der Waals surface area contributed by atoms with E-state index in [2.05, 4.69) is 0 Å². The van der Waals surface area contributed by atoms with Gasteiger partial charge in [-0.3, -0.25) is 0 Å². The van der Waals surface area contributed by atoms with Crippen LogP contribution in [-0.4, -0.2) is 47.7 Å². The summed E-state index contributed by atoms with van der Waals surface area (Å²) >= 11 is 0. The first kappa shape index (κ1) is 17.0. The van der Waals surface area contributed by atoms with Crippen LogP contribution in [0.3, 0.4) is 0 Å². The fourth-order valence-electron chi connectivity index (χ4n) is 1.73. The summed E-state index contributed by atoms with van der Waals surface area (Å²) in [7, 11) is -4.61. The van der Waals surface area contributed by atoms with E-state index >= 15 is 0 Å². The molecule has 0 saturated carbocycles. The highest BCUT2D eigenvalue weighted by Gasteiger charge is 2.31. The molecule has 0 radical (unpaired) electrons. The lowest BCUT2D eigenvalue weighted by Crippen LogP contribution is -2.42. The lowest BCUT2D eigenvalue weighted by atomic mass is 10.2. The Balaban J connectivity index is 2.98. The molecule has 1 rings (SSSR count). The molecule has 0 spiro atoms. The summed E-state index contributed by atoms with van der Waals surface area (Å²) in [5.74, 6) is 0. The predicted molar refractivity (Wildman–Crippen MR) is 81.7 cm³/mol. The van der Waals surface area contributed by atoms with Gasteiger partial charge in [-0.25, -0.2) is 16.8 Å². The Kier molecular flexibility index (Phi) is 4.55. The van der Waals surface area contributed by atoms with Gasteiger partial charge in [-0.05, 0) is 38.1 Å². The van der Waals surface area contributed by atoms with E-state index in [4.69, 9.17) is 0 Å².